The highest BCUT2D eigenvalue weighted by Crippen LogP contribution is 2.32. The van der Waals surface area contributed by atoms with E-state index in [1.165, 1.54) is 7.11 Å². The Morgan fingerprint density at radius 2 is 0.826 bits per heavy atom. The fourth-order valence-electron chi connectivity index (χ4n) is 10.2. The number of imidazole rings is 4. The molecule has 0 fully saturated rings. The number of ether oxygens (including phenoxy) is 6. The molecule has 34 heteroatoms. The largest absolute Gasteiger partial charge is 0.479 e. The predicted octanol–water partition coefficient (Wildman–Crippen LogP) is 17.6. The molecule has 0 aliphatic heterocycles. The number of methoxy groups -OCH3 is 1. The van der Waals surface area contributed by atoms with Crippen molar-refractivity contribution < 1.29 is 75.0 Å². The SMILES string of the molecule is C#Cc1ccccc1.COC(=O)CO.C[Si](C)(C)CCOCn1c(OCC(=O)O)nc2cc(C#Cc3ccccc3)c(Cl)cc21.C[Si](C)(C)CCOCn1c(S(C)(=O)=O)nc2cc(C#Cc3ccccc3)c(Cl)cc21.C[Si](C)(C)CCOCn1c(S(C)(=O)=O)nc2cc(I)c(Cl)cc21.O=C(O)COc1nc2cc(Cl)c(C#Cc3ccccc3)cc2[nH]1. The van der Waals surface area contributed by atoms with Crippen molar-refractivity contribution in [2.75, 3.05) is 59.3 Å². The van der Waals surface area contributed by atoms with Crippen molar-refractivity contribution in [1.29, 1.82) is 0 Å². The molecule has 12 aromatic rings. The van der Waals surface area contributed by atoms with Crippen LogP contribution in [0.1, 0.15) is 38.9 Å². The first-order valence-electron chi connectivity index (χ1n) is 37.3. The van der Waals surface area contributed by atoms with Crippen molar-refractivity contribution in [1.82, 2.24) is 38.6 Å². The van der Waals surface area contributed by atoms with Crippen molar-refractivity contribution in [2.24, 2.45) is 0 Å². The van der Waals surface area contributed by atoms with Gasteiger partial charge in [-0.05, 0) is 138 Å². The van der Waals surface area contributed by atoms with Crippen LogP contribution in [0.3, 0.4) is 0 Å². The van der Waals surface area contributed by atoms with Crippen LogP contribution in [0.15, 0.2) is 180 Å². The lowest BCUT2D eigenvalue weighted by atomic mass is 10.1. The quantitative estimate of drug-likeness (QED) is 0.0144. The molecular weight excluding hydrogens is 1830 g/mol. The fraction of sp³-hybridized carbons (Fsp3) is 0.276. The molecule has 0 spiro atoms. The van der Waals surface area contributed by atoms with Crippen molar-refractivity contribution in [3.8, 4) is 59.9 Å². The van der Waals surface area contributed by atoms with Gasteiger partial charge in [-0.3, -0.25) is 13.7 Å². The van der Waals surface area contributed by atoms with Gasteiger partial charge in [0.15, 0.2) is 13.2 Å². The van der Waals surface area contributed by atoms with Crippen LogP contribution >= 0.6 is 69.0 Å². The van der Waals surface area contributed by atoms with E-state index in [4.69, 9.17) is 91.8 Å². The molecule has 0 bridgehead atoms. The van der Waals surface area contributed by atoms with Crippen LogP contribution in [0.5, 0.6) is 12.0 Å². The molecule has 8 aromatic carbocycles. The van der Waals surface area contributed by atoms with E-state index in [1.54, 1.807) is 62.2 Å². The Morgan fingerprint density at radius 1 is 0.471 bits per heavy atom. The number of H-pyrrole nitrogens is 1. The van der Waals surface area contributed by atoms with E-state index in [0.29, 0.717) is 101 Å². The molecule has 0 radical (unpaired) electrons. The van der Waals surface area contributed by atoms with Gasteiger partial charge >= 0.3 is 17.9 Å². The average Bonchev–Trinajstić information content (AvgIpc) is 1.62. The Bertz CT molecular complexity index is 6060. The van der Waals surface area contributed by atoms with Gasteiger partial charge in [0.1, 0.15) is 26.8 Å². The molecule has 4 N–H and O–H groups in total. The van der Waals surface area contributed by atoms with Crippen molar-refractivity contribution >= 4 is 175 Å². The Kier molecular flexibility index (Phi) is 37.7. The van der Waals surface area contributed by atoms with E-state index in [1.807, 2.05) is 121 Å². The number of aromatic nitrogens is 8. The molecule has 0 aliphatic rings. The zero-order valence-electron chi connectivity index (χ0n) is 68.7. The summed E-state index contributed by atoms with van der Waals surface area (Å²) in [6.07, 6.45) is 7.40. The summed E-state index contributed by atoms with van der Waals surface area (Å²) in [7, 11) is -9.43. The van der Waals surface area contributed by atoms with E-state index < -0.39 is 81.6 Å². The smallest absolute Gasteiger partial charge is 0.341 e. The number of aromatic amines is 1. The minimum Gasteiger partial charge on any atom is -0.479 e. The molecule has 0 unspecified atom stereocenters. The summed E-state index contributed by atoms with van der Waals surface area (Å²) >= 11 is 27.4. The third-order valence-corrected chi connectivity index (χ3v) is 26.0. The summed E-state index contributed by atoms with van der Waals surface area (Å²) < 4.78 is 86.1. The van der Waals surface area contributed by atoms with Gasteiger partial charge in [0.05, 0.1) is 71.3 Å². The third-order valence-electron chi connectivity index (χ3n) is 16.5. The summed E-state index contributed by atoms with van der Waals surface area (Å²) in [6, 6.07) is 55.6. The summed E-state index contributed by atoms with van der Waals surface area (Å²) in [5.41, 5.74) is 10.4. The molecule has 0 aliphatic carbocycles. The van der Waals surface area contributed by atoms with Gasteiger partial charge in [-0.15, -0.1) is 6.42 Å². The van der Waals surface area contributed by atoms with Crippen molar-refractivity contribution in [2.45, 2.75) is 108 Å². The summed E-state index contributed by atoms with van der Waals surface area (Å²) in [5.74, 6) is 18.1. The number of hydrogen-bond donors (Lipinski definition) is 4. The lowest BCUT2D eigenvalue weighted by Gasteiger charge is -2.16. The lowest BCUT2D eigenvalue weighted by molar-refractivity contribution is -0.144. The number of carboxylic acid groups (broad SMARTS) is 2. The number of carbonyl (C=O) groups excluding carboxylic acids is 1. The first-order chi connectivity index (χ1) is 57.1. The van der Waals surface area contributed by atoms with Gasteiger partial charge in [-0.25, -0.2) is 41.2 Å². The molecule has 4 aromatic heterocycles. The van der Waals surface area contributed by atoms with Gasteiger partial charge in [-0.1, -0.05) is 220 Å². The molecule has 0 atom stereocenters. The van der Waals surface area contributed by atoms with Crippen LogP contribution in [0, 0.1) is 51.4 Å². The number of carboxylic acids is 2. The highest BCUT2D eigenvalue weighted by atomic mass is 127. The Hall–Kier alpha value is -9.83. The number of aliphatic hydroxyl groups is 1. The van der Waals surface area contributed by atoms with E-state index >= 15 is 0 Å². The standard InChI is InChI=1S/C23H25ClN2O4Si.C22H25ClN2O3SSi.C17H11ClN2O3.C14H20ClIN2O3SSi.C8H6.C3H6O3/c1-31(2,3)12-11-29-16-26-21-14-19(24)18(10-9-17-7-5-4-6-8-17)13-20(21)25-23(26)30-15-22(27)28;1-29(26,27)22-24-20-14-18(11-10-17-8-6-5-7-9-17)19(23)15-21(20)25(22)16-28-12-13-30(2,3)4;18-13-9-15-14(19-17(20-15)23-10-16(21)22)8-12(13)7-6-11-4-2-1-3-5-11;1-22(19,20)14-17-12-8-11(16)10(15)7-13(12)18(14)9-21-5-6-23(2,3)4;1-2-8-6-4-3-5-7-8;1-6-3(5)2-4/h4-8,13-14H,11-12,15-16H2,1-3H3,(H,27,28);5-9,14-15H,12-13,16H2,1-4H3;1-5,8-9H,10H2,(H,19,20)(H,21,22);7-8H,5-6,9H2,1-4H3;1,3-7H;4H,2H2,1H3. The monoisotopic (exact) mass is 1920 g/mol. The number of nitrogens with one attached hydrogen (secondary N) is 1. The number of hydrogen-bond acceptors (Lipinski definition) is 18. The summed E-state index contributed by atoms with van der Waals surface area (Å²) in [5, 5.41) is 27.4. The van der Waals surface area contributed by atoms with Crippen LogP contribution < -0.4 is 9.47 Å². The number of nitrogens with zero attached hydrogens (tertiary/aromatic N) is 7. The maximum absolute atomic E-state index is 12.3. The second-order valence-electron chi connectivity index (χ2n) is 30.3. The number of fused-ring (bicyclic) bond motifs is 4. The predicted molar refractivity (Wildman–Crippen MR) is 494 cm³/mol. The molecular formula is C87H93Cl4IN8O16S2Si3. The van der Waals surface area contributed by atoms with Crippen LogP contribution in [0.2, 0.25) is 97.1 Å². The number of esters is 1. The van der Waals surface area contributed by atoms with E-state index in [-0.39, 0.29) is 42.5 Å². The van der Waals surface area contributed by atoms with Gasteiger partial charge in [0.25, 0.3) is 12.0 Å². The lowest BCUT2D eigenvalue weighted by Crippen LogP contribution is -2.22. The minimum absolute atomic E-state index is 0.0126. The summed E-state index contributed by atoms with van der Waals surface area (Å²) in [4.78, 5) is 51.3. The van der Waals surface area contributed by atoms with Gasteiger partial charge < -0.3 is 48.7 Å². The van der Waals surface area contributed by atoms with Crippen LogP contribution in [0.4, 0.5) is 0 Å². The van der Waals surface area contributed by atoms with Crippen LogP contribution in [0.25, 0.3) is 44.1 Å². The zero-order chi connectivity index (χ0) is 88.8. The molecule has 12 rings (SSSR count). The molecule has 636 valence electrons. The van der Waals surface area contributed by atoms with Crippen molar-refractivity contribution in [3.05, 3.63) is 232 Å². The second kappa shape index (κ2) is 46.4. The van der Waals surface area contributed by atoms with Gasteiger partial charge in [0, 0.05) is 99.1 Å². The molecule has 4 heterocycles. The fourth-order valence-corrected chi connectivity index (χ4v) is 15.3. The third kappa shape index (κ3) is 33.2. The van der Waals surface area contributed by atoms with Crippen molar-refractivity contribution in [3.63, 3.8) is 0 Å². The number of rotatable bonds is 24. The Labute approximate surface area is 741 Å². The Balaban J connectivity index is 0.000000212. The normalized spacial score (nSPS) is 11.1. The van der Waals surface area contributed by atoms with Gasteiger partial charge in [0.2, 0.25) is 30.0 Å². The topological polar surface area (TPSA) is 318 Å². The van der Waals surface area contributed by atoms with E-state index in [2.05, 4.69) is 153 Å². The van der Waals surface area contributed by atoms with Crippen LogP contribution in [-0.4, -0.2) is 172 Å². The first-order valence-corrected chi connectivity index (χ1v) is 54.8. The highest BCUT2D eigenvalue weighted by Gasteiger charge is 2.25. The Morgan fingerprint density at radius 3 is 1.19 bits per heavy atom. The first kappa shape index (κ1) is 98.3. The van der Waals surface area contributed by atoms with E-state index in [9.17, 15) is 31.2 Å². The molecule has 0 saturated carbocycles. The van der Waals surface area contributed by atoms with E-state index in [0.717, 1.165) is 56.5 Å². The number of carbonyl (C=O) groups is 3. The maximum atomic E-state index is 12.3. The maximum Gasteiger partial charge on any atom is 0.341 e. The molecule has 0 amide bonds. The average molecular weight is 1920 g/mol. The molecule has 121 heavy (non-hydrogen) atoms. The number of aliphatic carboxylic acids is 2. The number of terminal acetylenes is 1. The molecule has 24 nitrogen and oxygen atoms in total. The number of benzene rings is 8. The number of aliphatic hydroxyl groups excluding tert-OH is 1. The molecule has 0 saturated heterocycles. The van der Waals surface area contributed by atoms with Crippen LogP contribution in [-0.2, 0) is 73.2 Å². The number of sulfone groups is 2. The summed E-state index contributed by atoms with van der Waals surface area (Å²) in [6.45, 7) is 21.2. The highest BCUT2D eigenvalue weighted by molar-refractivity contribution is 14.1. The zero-order valence-corrected chi connectivity index (χ0v) is 78.5. The number of halogens is 5. The minimum atomic E-state index is -3.54. The second-order valence-corrected chi connectivity index (χ2v) is 53.8. The van der Waals surface area contributed by atoms with Gasteiger partial charge in [-0.2, -0.15) is 9.97 Å².